The minimum absolute atomic E-state index is 0.162. The van der Waals surface area contributed by atoms with E-state index in [0.717, 1.165) is 0 Å². The average Bonchev–Trinajstić information content (AvgIpc) is 2.14. The van der Waals surface area contributed by atoms with E-state index in [1.165, 1.54) is 0 Å². The van der Waals surface area contributed by atoms with Gasteiger partial charge in [-0.25, -0.2) is 0 Å². The van der Waals surface area contributed by atoms with Crippen LogP contribution in [0.4, 0.5) is 0 Å². The van der Waals surface area contributed by atoms with Crippen LogP contribution < -0.4 is 0 Å². The largest absolute Gasteiger partial charge is 0.346 e. The lowest BCUT2D eigenvalue weighted by molar-refractivity contribution is -0.0158. The lowest BCUT2D eigenvalue weighted by Gasteiger charge is -2.00. The lowest BCUT2D eigenvalue weighted by Crippen LogP contribution is -2.04. The van der Waals surface area contributed by atoms with Crippen LogP contribution in [-0.4, -0.2) is 19.0 Å². The first-order valence-corrected chi connectivity index (χ1v) is 2.72. The van der Waals surface area contributed by atoms with Crippen molar-refractivity contribution in [2.45, 2.75) is 19.3 Å². The Morgan fingerprint density at radius 1 is 1.75 bits per heavy atom. The molecule has 8 heavy (non-hydrogen) atoms. The highest BCUT2D eigenvalue weighted by Crippen LogP contribution is 2.10. The van der Waals surface area contributed by atoms with E-state index < -0.39 is 0 Å². The highest BCUT2D eigenvalue weighted by molar-refractivity contribution is 4.76. The zero-order valence-electron chi connectivity index (χ0n) is 4.96. The van der Waals surface area contributed by atoms with Crippen molar-refractivity contribution in [3.8, 4) is 0 Å². The third-order valence-corrected chi connectivity index (χ3v) is 1.05. The molecular formula is C6H10O2. The second-order valence-corrected chi connectivity index (χ2v) is 1.88. The molecule has 0 aliphatic carbocycles. The van der Waals surface area contributed by atoms with Crippen molar-refractivity contribution in [2.75, 3.05) is 6.61 Å². The van der Waals surface area contributed by atoms with Crippen molar-refractivity contribution in [3.05, 3.63) is 12.7 Å². The lowest BCUT2D eigenvalue weighted by atomic mass is 10.5. The van der Waals surface area contributed by atoms with E-state index in [1.807, 2.05) is 6.92 Å². The molecule has 0 amide bonds. The van der Waals surface area contributed by atoms with E-state index in [0.29, 0.717) is 6.61 Å². The van der Waals surface area contributed by atoms with Crippen LogP contribution in [0.2, 0.25) is 0 Å². The van der Waals surface area contributed by atoms with Crippen molar-refractivity contribution in [1.82, 2.24) is 0 Å². The third kappa shape index (κ3) is 1.08. The SMILES string of the molecule is C=CC1OCC(C)O1. The summed E-state index contributed by atoms with van der Waals surface area (Å²) in [6, 6.07) is 0. The molecule has 1 aliphatic heterocycles. The molecule has 0 bridgehead atoms. The van der Waals surface area contributed by atoms with Crippen LogP contribution in [0.15, 0.2) is 12.7 Å². The van der Waals surface area contributed by atoms with Gasteiger partial charge in [-0.3, -0.25) is 0 Å². The molecule has 0 spiro atoms. The van der Waals surface area contributed by atoms with Crippen molar-refractivity contribution < 1.29 is 9.47 Å². The van der Waals surface area contributed by atoms with Gasteiger partial charge in [0.05, 0.1) is 12.7 Å². The molecule has 0 aromatic heterocycles. The van der Waals surface area contributed by atoms with E-state index >= 15 is 0 Å². The van der Waals surface area contributed by atoms with E-state index in [2.05, 4.69) is 6.58 Å². The first-order valence-electron chi connectivity index (χ1n) is 2.72. The molecule has 1 rings (SSSR count). The van der Waals surface area contributed by atoms with Crippen LogP contribution in [0.25, 0.3) is 0 Å². The van der Waals surface area contributed by atoms with Crippen molar-refractivity contribution in [1.29, 1.82) is 0 Å². The molecule has 1 aliphatic rings. The van der Waals surface area contributed by atoms with Gasteiger partial charge in [0.2, 0.25) is 0 Å². The van der Waals surface area contributed by atoms with Gasteiger partial charge in [-0.2, -0.15) is 0 Å². The first-order chi connectivity index (χ1) is 3.83. The molecule has 0 aromatic carbocycles. The van der Waals surface area contributed by atoms with Crippen LogP contribution in [-0.2, 0) is 9.47 Å². The van der Waals surface area contributed by atoms with Gasteiger partial charge >= 0.3 is 0 Å². The van der Waals surface area contributed by atoms with Crippen LogP contribution in [0, 0.1) is 0 Å². The van der Waals surface area contributed by atoms with Gasteiger partial charge in [-0.15, -0.1) is 0 Å². The van der Waals surface area contributed by atoms with Gasteiger partial charge in [0.15, 0.2) is 6.29 Å². The Labute approximate surface area is 49.1 Å². The molecule has 0 saturated carbocycles. The summed E-state index contributed by atoms with van der Waals surface area (Å²) < 4.78 is 10.2. The molecule has 2 atom stereocenters. The summed E-state index contributed by atoms with van der Waals surface area (Å²) in [6.45, 7) is 6.19. The third-order valence-electron chi connectivity index (χ3n) is 1.05. The maximum atomic E-state index is 5.17. The Hall–Kier alpha value is -0.340. The van der Waals surface area contributed by atoms with E-state index in [1.54, 1.807) is 6.08 Å². The fraction of sp³-hybridized carbons (Fsp3) is 0.667. The van der Waals surface area contributed by atoms with Gasteiger partial charge in [-0.05, 0) is 13.0 Å². The molecule has 1 fully saturated rings. The van der Waals surface area contributed by atoms with Gasteiger partial charge < -0.3 is 9.47 Å². The quantitative estimate of drug-likeness (QED) is 0.472. The molecule has 1 saturated heterocycles. The normalized spacial score (nSPS) is 37.6. The van der Waals surface area contributed by atoms with E-state index in [9.17, 15) is 0 Å². The molecule has 1 heterocycles. The summed E-state index contributed by atoms with van der Waals surface area (Å²) in [4.78, 5) is 0. The summed E-state index contributed by atoms with van der Waals surface area (Å²) >= 11 is 0. The Kier molecular flexibility index (Phi) is 1.65. The van der Waals surface area contributed by atoms with Crippen LogP contribution in [0.1, 0.15) is 6.92 Å². The fourth-order valence-electron chi connectivity index (χ4n) is 0.661. The van der Waals surface area contributed by atoms with Crippen molar-refractivity contribution in [3.63, 3.8) is 0 Å². The highest BCUT2D eigenvalue weighted by atomic mass is 16.7. The number of ether oxygens (including phenoxy) is 2. The Bertz CT molecular complexity index is 90.5. The zero-order chi connectivity index (χ0) is 5.98. The summed E-state index contributed by atoms with van der Waals surface area (Å²) in [5.74, 6) is 0. The first kappa shape index (κ1) is 5.79. The standard InChI is InChI=1S/C6H10O2/c1-3-6-7-4-5(2)8-6/h3,5-6H,1,4H2,2H3. The second kappa shape index (κ2) is 2.29. The van der Waals surface area contributed by atoms with E-state index in [-0.39, 0.29) is 12.4 Å². The van der Waals surface area contributed by atoms with E-state index in [4.69, 9.17) is 9.47 Å². The smallest absolute Gasteiger partial charge is 0.177 e. The summed E-state index contributed by atoms with van der Waals surface area (Å²) in [7, 11) is 0. The summed E-state index contributed by atoms with van der Waals surface area (Å²) in [6.07, 6.45) is 1.73. The number of hydrogen-bond acceptors (Lipinski definition) is 2. The van der Waals surface area contributed by atoms with Crippen LogP contribution in [0.3, 0.4) is 0 Å². The maximum Gasteiger partial charge on any atom is 0.177 e. The van der Waals surface area contributed by atoms with Gasteiger partial charge in [-0.1, -0.05) is 6.58 Å². The molecule has 2 unspecified atom stereocenters. The van der Waals surface area contributed by atoms with Crippen LogP contribution in [0.5, 0.6) is 0 Å². The van der Waals surface area contributed by atoms with Gasteiger partial charge in [0.25, 0.3) is 0 Å². The topological polar surface area (TPSA) is 18.5 Å². The number of rotatable bonds is 1. The molecule has 2 nitrogen and oxygen atoms in total. The van der Waals surface area contributed by atoms with Gasteiger partial charge in [0, 0.05) is 0 Å². The number of hydrogen-bond donors (Lipinski definition) is 0. The molecule has 0 aromatic rings. The fourth-order valence-corrected chi connectivity index (χ4v) is 0.661. The Morgan fingerprint density at radius 2 is 2.50 bits per heavy atom. The van der Waals surface area contributed by atoms with Crippen LogP contribution >= 0.6 is 0 Å². The Morgan fingerprint density at radius 3 is 2.75 bits per heavy atom. The second-order valence-electron chi connectivity index (χ2n) is 1.88. The molecule has 46 valence electrons. The van der Waals surface area contributed by atoms with Crippen molar-refractivity contribution in [2.24, 2.45) is 0 Å². The summed E-state index contributed by atoms with van der Waals surface area (Å²) in [5, 5.41) is 0. The molecular weight excluding hydrogens is 104 g/mol. The molecule has 2 heteroatoms. The minimum Gasteiger partial charge on any atom is -0.346 e. The van der Waals surface area contributed by atoms with Gasteiger partial charge in [0.1, 0.15) is 0 Å². The summed E-state index contributed by atoms with van der Waals surface area (Å²) in [5.41, 5.74) is 0. The monoisotopic (exact) mass is 114 g/mol. The predicted octanol–water partition coefficient (Wildman–Crippen LogP) is 0.934. The zero-order valence-corrected chi connectivity index (χ0v) is 4.96. The maximum absolute atomic E-state index is 5.17. The minimum atomic E-state index is -0.162. The predicted molar refractivity (Wildman–Crippen MR) is 30.5 cm³/mol. The average molecular weight is 114 g/mol. The van der Waals surface area contributed by atoms with Crippen molar-refractivity contribution >= 4 is 0 Å². The molecule has 0 N–H and O–H groups in total. The highest BCUT2D eigenvalue weighted by Gasteiger charge is 2.18. The molecule has 0 radical (unpaired) electrons. The Balaban J connectivity index is 2.32.